The fraction of sp³-hybridized carbons (Fsp3) is 0.733. The van der Waals surface area contributed by atoms with Gasteiger partial charge >= 0.3 is 0 Å². The van der Waals surface area contributed by atoms with Crippen LogP contribution in [-0.2, 0) is 16.6 Å². The van der Waals surface area contributed by atoms with Crippen LogP contribution in [0.25, 0.3) is 11.6 Å². The van der Waals surface area contributed by atoms with Crippen molar-refractivity contribution >= 4 is 17.4 Å². The van der Waals surface area contributed by atoms with Gasteiger partial charge in [0.25, 0.3) is 0 Å². The van der Waals surface area contributed by atoms with Crippen molar-refractivity contribution in [1.29, 1.82) is 0 Å². The third-order valence-electron chi connectivity index (χ3n) is 10.5. The van der Waals surface area contributed by atoms with Gasteiger partial charge in [-0.15, -0.1) is 0 Å². The van der Waals surface area contributed by atoms with Gasteiger partial charge in [-0.3, -0.25) is 9.69 Å². The number of rotatable bonds is 5. The molecule has 2 aromatic heterocycles. The summed E-state index contributed by atoms with van der Waals surface area (Å²) >= 11 is 6.48. The van der Waals surface area contributed by atoms with E-state index in [0.717, 1.165) is 75.8 Å². The van der Waals surface area contributed by atoms with Crippen LogP contribution in [0.1, 0.15) is 76.5 Å². The van der Waals surface area contributed by atoms with Crippen molar-refractivity contribution in [2.24, 2.45) is 11.8 Å². The number of hydrogen-bond donors (Lipinski definition) is 2. The van der Waals surface area contributed by atoms with Gasteiger partial charge in [0.05, 0.1) is 5.41 Å². The first-order valence-corrected chi connectivity index (χ1v) is 15.6. The van der Waals surface area contributed by atoms with Gasteiger partial charge in [0.2, 0.25) is 17.5 Å². The largest absolute Gasteiger partial charge is 0.473 e. The molecule has 7 atom stereocenters. The summed E-state index contributed by atoms with van der Waals surface area (Å²) in [5.74, 6) is 3.00. The average Bonchev–Trinajstić information content (AvgIpc) is 3.23. The minimum atomic E-state index is -0.509. The summed E-state index contributed by atoms with van der Waals surface area (Å²) < 4.78 is 12.3. The van der Waals surface area contributed by atoms with Gasteiger partial charge in [0.1, 0.15) is 22.7 Å². The van der Waals surface area contributed by atoms with Crippen molar-refractivity contribution in [1.82, 2.24) is 30.7 Å². The molecule has 0 aromatic carbocycles. The molecule has 0 radical (unpaired) electrons. The molecule has 2 aliphatic heterocycles. The third-order valence-corrected chi connectivity index (χ3v) is 10.7. The fourth-order valence-corrected chi connectivity index (χ4v) is 8.72. The fourth-order valence-electron chi connectivity index (χ4n) is 8.55. The number of nitrogens with zero attached hydrogens (tertiary/aromatic N) is 4. The summed E-state index contributed by atoms with van der Waals surface area (Å²) in [5, 5.41) is 12.3. The van der Waals surface area contributed by atoms with E-state index in [4.69, 9.17) is 25.8 Å². The Morgan fingerprint density at radius 3 is 2.90 bits per heavy atom. The Labute approximate surface area is 241 Å². The van der Waals surface area contributed by atoms with E-state index in [2.05, 4.69) is 46.6 Å². The number of fused-ring (bicyclic) bond motifs is 2. The molecule has 7 rings (SSSR count). The number of ketones is 1. The Morgan fingerprint density at radius 1 is 1.23 bits per heavy atom. The Kier molecular flexibility index (Phi) is 6.72. The molecule has 216 valence electrons. The third kappa shape index (κ3) is 4.48. The van der Waals surface area contributed by atoms with Gasteiger partial charge < -0.3 is 19.9 Å². The van der Waals surface area contributed by atoms with Crippen molar-refractivity contribution in [3.05, 3.63) is 22.5 Å². The average molecular weight is 569 g/mol. The molecule has 10 heteroatoms. The number of piperazine rings is 1. The Balaban J connectivity index is 1.08. The maximum Gasteiger partial charge on any atom is 0.218 e. The standard InChI is InChI=1S/C30H41ClN6O3/c1-17-14-32-16-30(35-17)13-21(30)19-11-22(37(3)15-19)18(2)39-25-12-24(31)33-28(34-25)26-20-7-6-10-29(27(20)36-40-26)9-5-4-8-23(29)38/h12,17-19,21-22,32,35H,4-11,13-16H2,1-3H3/t17-,18-,19?,21?,22-,29+,30?/m0/s1. The van der Waals surface area contributed by atoms with E-state index in [0.29, 0.717) is 58.7 Å². The van der Waals surface area contributed by atoms with Crippen molar-refractivity contribution in [3.8, 4) is 17.5 Å². The molecule has 0 amide bonds. The molecule has 3 unspecified atom stereocenters. The maximum atomic E-state index is 13.1. The van der Waals surface area contributed by atoms with Crippen molar-refractivity contribution in [2.45, 2.75) is 101 Å². The number of likely N-dealkylation sites (tertiary alicyclic amines) is 1. The predicted octanol–water partition coefficient (Wildman–Crippen LogP) is 3.93. The molecule has 2 saturated heterocycles. The lowest BCUT2D eigenvalue weighted by molar-refractivity contribution is -0.127. The molecule has 5 aliphatic rings. The first-order chi connectivity index (χ1) is 19.3. The van der Waals surface area contributed by atoms with Crippen LogP contribution in [-0.4, -0.2) is 76.2 Å². The quantitative estimate of drug-likeness (QED) is 0.519. The van der Waals surface area contributed by atoms with Gasteiger partial charge in [0.15, 0.2) is 0 Å². The summed E-state index contributed by atoms with van der Waals surface area (Å²) in [6, 6.07) is 2.50. The van der Waals surface area contributed by atoms with E-state index in [1.54, 1.807) is 6.07 Å². The van der Waals surface area contributed by atoms with Crippen LogP contribution in [0.4, 0.5) is 0 Å². The molecule has 2 saturated carbocycles. The highest BCUT2D eigenvalue weighted by molar-refractivity contribution is 6.29. The zero-order valence-electron chi connectivity index (χ0n) is 23.8. The SMILES string of the molecule is C[C@H](Oc1cc(Cl)nc(-c2onc3c2CCC[C@@]32CCCCC2=O)n1)[C@@H]1CC(C2CC23CNC[C@H](C)N3)CN1C. The zero-order chi connectivity index (χ0) is 27.6. The number of hydrogen-bond acceptors (Lipinski definition) is 9. The van der Waals surface area contributed by atoms with E-state index in [1.807, 2.05) is 0 Å². The Hall–Kier alpha value is -2.07. The van der Waals surface area contributed by atoms with Crippen molar-refractivity contribution in [3.63, 3.8) is 0 Å². The molecule has 2 aromatic rings. The minimum absolute atomic E-state index is 0.0633. The molecular formula is C30H41ClN6O3. The van der Waals surface area contributed by atoms with E-state index >= 15 is 0 Å². The topological polar surface area (TPSA) is 105 Å². The molecule has 2 N–H and O–H groups in total. The Morgan fingerprint density at radius 2 is 2.08 bits per heavy atom. The number of ether oxygens (including phenoxy) is 1. The van der Waals surface area contributed by atoms with Gasteiger partial charge in [0, 0.05) is 55.3 Å². The number of carbonyl (C=O) groups is 1. The zero-order valence-corrected chi connectivity index (χ0v) is 24.6. The van der Waals surface area contributed by atoms with Crippen LogP contribution in [0.15, 0.2) is 10.6 Å². The van der Waals surface area contributed by atoms with Crippen LogP contribution >= 0.6 is 11.6 Å². The molecule has 4 fully saturated rings. The lowest BCUT2D eigenvalue weighted by Crippen LogP contribution is -2.56. The first kappa shape index (κ1) is 26.8. The number of likely N-dealkylation sites (N-methyl/N-ethyl adjacent to an activating group) is 1. The first-order valence-electron chi connectivity index (χ1n) is 15.2. The molecule has 3 aliphatic carbocycles. The van der Waals surface area contributed by atoms with E-state index in [-0.39, 0.29) is 11.6 Å². The van der Waals surface area contributed by atoms with Crippen molar-refractivity contribution < 1.29 is 14.1 Å². The van der Waals surface area contributed by atoms with Gasteiger partial charge in [-0.2, -0.15) is 4.98 Å². The normalized spacial score (nSPS) is 36.6. The lowest BCUT2D eigenvalue weighted by atomic mass is 9.64. The molecule has 9 nitrogen and oxygen atoms in total. The van der Waals surface area contributed by atoms with E-state index < -0.39 is 5.41 Å². The molecule has 4 heterocycles. The number of aromatic nitrogens is 3. The van der Waals surface area contributed by atoms with E-state index in [1.165, 1.54) is 6.42 Å². The lowest BCUT2D eigenvalue weighted by Gasteiger charge is -2.37. The van der Waals surface area contributed by atoms with Crippen LogP contribution in [0.3, 0.4) is 0 Å². The predicted molar refractivity (Wildman–Crippen MR) is 152 cm³/mol. The highest BCUT2D eigenvalue weighted by atomic mass is 35.5. The molecule has 40 heavy (non-hydrogen) atoms. The minimum Gasteiger partial charge on any atom is -0.473 e. The summed E-state index contributed by atoms with van der Waals surface area (Å²) in [7, 11) is 2.20. The second-order valence-electron chi connectivity index (χ2n) is 13.2. The molecule has 0 bridgehead atoms. The summed E-state index contributed by atoms with van der Waals surface area (Å²) in [6.45, 7) is 7.60. The summed E-state index contributed by atoms with van der Waals surface area (Å²) in [4.78, 5) is 24.7. The number of Topliss-reactive ketones (excluding diaryl/α,β-unsaturated/α-hetero) is 1. The summed E-state index contributed by atoms with van der Waals surface area (Å²) in [6.07, 6.45) is 8.34. The monoisotopic (exact) mass is 568 g/mol. The molecule has 2 spiro atoms. The van der Waals surface area contributed by atoms with Crippen molar-refractivity contribution in [2.75, 3.05) is 26.7 Å². The second-order valence-corrected chi connectivity index (χ2v) is 13.6. The summed E-state index contributed by atoms with van der Waals surface area (Å²) in [5.41, 5.74) is 1.52. The number of carbonyl (C=O) groups excluding carboxylic acids is 1. The molecular weight excluding hydrogens is 528 g/mol. The van der Waals surface area contributed by atoms with Crippen LogP contribution in [0, 0.1) is 11.8 Å². The van der Waals surface area contributed by atoms with Crippen LogP contribution in [0.5, 0.6) is 5.88 Å². The van der Waals surface area contributed by atoms with E-state index in [9.17, 15) is 4.79 Å². The number of nitrogens with one attached hydrogen (secondary N) is 2. The maximum absolute atomic E-state index is 13.1. The highest BCUT2D eigenvalue weighted by Gasteiger charge is 2.60. The second kappa shape index (κ2) is 10.0. The highest BCUT2D eigenvalue weighted by Crippen LogP contribution is 2.53. The van der Waals surface area contributed by atoms with Gasteiger partial charge in [-0.05, 0) is 77.7 Å². The Bertz CT molecular complexity index is 1300. The van der Waals surface area contributed by atoms with Crippen LogP contribution < -0.4 is 15.4 Å². The smallest absolute Gasteiger partial charge is 0.218 e. The van der Waals surface area contributed by atoms with Crippen LogP contribution in [0.2, 0.25) is 5.15 Å². The number of halogens is 1. The van der Waals surface area contributed by atoms with Gasteiger partial charge in [-0.25, -0.2) is 4.98 Å². The van der Waals surface area contributed by atoms with Gasteiger partial charge in [-0.1, -0.05) is 23.2 Å².